The topological polar surface area (TPSA) is 76.3 Å². The molecule has 0 bridgehead atoms. The molecule has 1 aromatic carbocycles. The quantitative estimate of drug-likeness (QED) is 0.726. The average Bonchev–Trinajstić information content (AvgIpc) is 3.18. The second-order valence-electron chi connectivity index (χ2n) is 8.11. The van der Waals surface area contributed by atoms with Crippen LogP contribution >= 0.6 is 0 Å². The van der Waals surface area contributed by atoms with Gasteiger partial charge in [-0.15, -0.1) is 0 Å². The van der Waals surface area contributed by atoms with Crippen molar-refractivity contribution in [3.63, 3.8) is 0 Å². The lowest BCUT2D eigenvalue weighted by Crippen LogP contribution is -2.41. The second-order valence-corrected chi connectivity index (χ2v) is 10.1. The van der Waals surface area contributed by atoms with Gasteiger partial charge in [-0.25, -0.2) is 8.42 Å². The molecule has 6 nitrogen and oxygen atoms in total. The van der Waals surface area contributed by atoms with E-state index in [0.717, 1.165) is 50.5 Å². The third-order valence-electron chi connectivity index (χ3n) is 5.96. The van der Waals surface area contributed by atoms with Gasteiger partial charge in [-0.05, 0) is 37.2 Å². The van der Waals surface area contributed by atoms with Crippen molar-refractivity contribution in [3.8, 4) is 0 Å². The summed E-state index contributed by atoms with van der Waals surface area (Å²) in [6.45, 7) is 0.558. The van der Waals surface area contributed by atoms with Crippen molar-refractivity contribution in [2.75, 3.05) is 12.3 Å². The van der Waals surface area contributed by atoms with Gasteiger partial charge in [0, 0.05) is 6.54 Å². The highest BCUT2D eigenvalue weighted by atomic mass is 32.2. The first-order valence-electron chi connectivity index (χ1n) is 10.5. The Hall–Kier alpha value is -1.73. The van der Waals surface area contributed by atoms with E-state index in [1.807, 2.05) is 30.3 Å². The molecule has 1 aromatic heterocycles. The van der Waals surface area contributed by atoms with Gasteiger partial charge in [0.05, 0.1) is 18.2 Å². The molecule has 2 fully saturated rings. The predicted molar refractivity (Wildman–Crippen MR) is 107 cm³/mol. The van der Waals surface area contributed by atoms with E-state index in [-0.39, 0.29) is 11.8 Å². The maximum absolute atomic E-state index is 13.2. The first-order chi connectivity index (χ1) is 13.6. The summed E-state index contributed by atoms with van der Waals surface area (Å²) in [6.07, 6.45) is 8.80. The SMILES string of the molecule is O=S(=O)(CC1CCCCC1)N1CCCCC1c1noc(Cc2ccccc2)n1. The van der Waals surface area contributed by atoms with Crippen LogP contribution in [0.25, 0.3) is 0 Å². The van der Waals surface area contributed by atoms with Crippen LogP contribution in [-0.2, 0) is 16.4 Å². The molecule has 152 valence electrons. The zero-order chi connectivity index (χ0) is 19.4. The summed E-state index contributed by atoms with van der Waals surface area (Å²) in [5, 5.41) is 4.15. The number of piperidine rings is 1. The zero-order valence-corrected chi connectivity index (χ0v) is 17.1. The van der Waals surface area contributed by atoms with Crippen LogP contribution in [0, 0.1) is 5.92 Å². The third-order valence-corrected chi connectivity index (χ3v) is 8.01. The predicted octanol–water partition coefficient (Wildman–Crippen LogP) is 4.10. The van der Waals surface area contributed by atoms with Crippen molar-refractivity contribution in [1.82, 2.24) is 14.4 Å². The summed E-state index contributed by atoms with van der Waals surface area (Å²) < 4.78 is 33.5. The Labute approximate surface area is 167 Å². The molecule has 28 heavy (non-hydrogen) atoms. The van der Waals surface area contributed by atoms with Gasteiger partial charge in [0.25, 0.3) is 0 Å². The summed E-state index contributed by atoms with van der Waals surface area (Å²) in [4.78, 5) is 4.56. The highest BCUT2D eigenvalue weighted by Gasteiger charge is 2.37. The summed E-state index contributed by atoms with van der Waals surface area (Å²) in [7, 11) is -3.32. The van der Waals surface area contributed by atoms with Gasteiger partial charge < -0.3 is 4.52 Å². The Morgan fingerprint density at radius 1 is 1.00 bits per heavy atom. The monoisotopic (exact) mass is 403 g/mol. The molecule has 4 rings (SSSR count). The van der Waals surface area contributed by atoms with Crippen LogP contribution in [0.15, 0.2) is 34.9 Å². The minimum absolute atomic E-state index is 0.262. The van der Waals surface area contributed by atoms with E-state index in [1.165, 1.54) is 6.42 Å². The highest BCUT2D eigenvalue weighted by molar-refractivity contribution is 7.89. The molecule has 2 heterocycles. The molecule has 2 aliphatic rings. The van der Waals surface area contributed by atoms with Gasteiger partial charge in [0.15, 0.2) is 5.82 Å². The lowest BCUT2D eigenvalue weighted by molar-refractivity contribution is 0.237. The van der Waals surface area contributed by atoms with Crippen LogP contribution in [0.5, 0.6) is 0 Å². The summed E-state index contributed by atoms with van der Waals surface area (Å²) in [5.41, 5.74) is 1.10. The number of benzene rings is 1. The smallest absolute Gasteiger partial charge is 0.231 e. The van der Waals surface area contributed by atoms with Gasteiger partial charge >= 0.3 is 0 Å². The summed E-state index contributed by atoms with van der Waals surface area (Å²) >= 11 is 0. The number of hydrogen-bond acceptors (Lipinski definition) is 5. The fourth-order valence-electron chi connectivity index (χ4n) is 4.49. The molecule has 7 heteroatoms. The molecule has 0 amide bonds. The molecular weight excluding hydrogens is 374 g/mol. The summed E-state index contributed by atoms with van der Waals surface area (Å²) in [6, 6.07) is 9.67. The number of nitrogens with zero attached hydrogens (tertiary/aromatic N) is 3. The molecule has 0 N–H and O–H groups in total. The van der Waals surface area contributed by atoms with Gasteiger partial charge in [-0.3, -0.25) is 0 Å². The van der Waals surface area contributed by atoms with Crippen molar-refractivity contribution in [2.45, 2.75) is 63.8 Å². The average molecular weight is 404 g/mol. The van der Waals surface area contributed by atoms with Crippen LogP contribution < -0.4 is 0 Å². The Morgan fingerprint density at radius 2 is 1.75 bits per heavy atom. The maximum Gasteiger partial charge on any atom is 0.231 e. The van der Waals surface area contributed by atoms with Crippen LogP contribution in [0.3, 0.4) is 0 Å². The van der Waals surface area contributed by atoms with E-state index >= 15 is 0 Å². The zero-order valence-electron chi connectivity index (χ0n) is 16.3. The van der Waals surface area contributed by atoms with Crippen molar-refractivity contribution < 1.29 is 12.9 Å². The van der Waals surface area contributed by atoms with E-state index in [9.17, 15) is 8.42 Å². The molecule has 1 aliphatic carbocycles. The molecule has 1 unspecified atom stereocenters. The Bertz CT molecular complexity index is 860. The normalized spacial score (nSPS) is 22.4. The standard InChI is InChI=1S/C21H29N3O3S/c25-28(26,16-18-11-5-2-6-12-18)24-14-8-7-13-19(24)21-22-20(27-23-21)15-17-9-3-1-4-10-17/h1,3-4,9-10,18-19H,2,5-8,11-16H2. The third kappa shape index (κ3) is 4.63. The van der Waals surface area contributed by atoms with E-state index in [2.05, 4.69) is 10.1 Å². The molecule has 1 saturated heterocycles. The van der Waals surface area contributed by atoms with Crippen molar-refractivity contribution in [2.24, 2.45) is 5.92 Å². The molecule has 1 saturated carbocycles. The largest absolute Gasteiger partial charge is 0.339 e. The van der Waals surface area contributed by atoms with Crippen molar-refractivity contribution in [1.29, 1.82) is 0 Å². The Kier molecular flexibility index (Phi) is 6.11. The molecule has 1 aliphatic heterocycles. The molecular formula is C21H29N3O3S. The fraction of sp³-hybridized carbons (Fsp3) is 0.619. The van der Waals surface area contributed by atoms with E-state index in [1.54, 1.807) is 4.31 Å². The molecule has 2 aromatic rings. The number of sulfonamides is 1. The number of hydrogen-bond donors (Lipinski definition) is 0. The van der Waals surface area contributed by atoms with Gasteiger partial charge in [0.1, 0.15) is 0 Å². The second kappa shape index (κ2) is 8.74. The first-order valence-corrected chi connectivity index (χ1v) is 12.1. The molecule has 0 radical (unpaired) electrons. The highest BCUT2D eigenvalue weighted by Crippen LogP contribution is 2.34. The van der Waals surface area contributed by atoms with Crippen LogP contribution in [-0.4, -0.2) is 35.2 Å². The van der Waals surface area contributed by atoms with Gasteiger partial charge in [-0.2, -0.15) is 9.29 Å². The number of rotatable bonds is 6. The first kappa shape index (κ1) is 19.6. The van der Waals surface area contributed by atoms with Gasteiger partial charge in [0.2, 0.25) is 15.9 Å². The fourth-order valence-corrected chi connectivity index (χ4v) is 6.60. The van der Waals surface area contributed by atoms with Crippen LogP contribution in [0.1, 0.15) is 74.7 Å². The number of aromatic nitrogens is 2. The Morgan fingerprint density at radius 3 is 2.54 bits per heavy atom. The van der Waals surface area contributed by atoms with E-state index in [4.69, 9.17) is 4.52 Å². The minimum Gasteiger partial charge on any atom is -0.339 e. The minimum atomic E-state index is -3.32. The van der Waals surface area contributed by atoms with E-state index < -0.39 is 10.0 Å². The van der Waals surface area contributed by atoms with Crippen molar-refractivity contribution in [3.05, 3.63) is 47.6 Å². The van der Waals surface area contributed by atoms with Crippen molar-refractivity contribution >= 4 is 10.0 Å². The van der Waals surface area contributed by atoms with E-state index in [0.29, 0.717) is 30.6 Å². The molecule has 0 spiro atoms. The lowest BCUT2D eigenvalue weighted by atomic mass is 9.91. The summed E-state index contributed by atoms with van der Waals surface area (Å²) in [5.74, 6) is 1.60. The van der Waals surface area contributed by atoms with Gasteiger partial charge in [-0.1, -0.05) is 61.2 Å². The Balaban J connectivity index is 1.49. The lowest BCUT2D eigenvalue weighted by Gasteiger charge is -2.34. The maximum atomic E-state index is 13.2. The van der Waals surface area contributed by atoms with Crippen LogP contribution in [0.2, 0.25) is 0 Å². The molecule has 1 atom stereocenters. The van der Waals surface area contributed by atoms with Crippen LogP contribution in [0.4, 0.5) is 0 Å².